The van der Waals surface area contributed by atoms with Gasteiger partial charge >= 0.3 is 0 Å². The molecule has 4 aromatic carbocycles. The molecule has 0 bridgehead atoms. The van der Waals surface area contributed by atoms with Gasteiger partial charge in [0.05, 0.1) is 6.21 Å². The molecule has 0 aromatic heterocycles. The lowest BCUT2D eigenvalue weighted by atomic mass is 9.80. The molecule has 3 N–H and O–H groups in total. The van der Waals surface area contributed by atoms with Crippen molar-refractivity contribution in [3.8, 4) is 5.75 Å². The number of ether oxygens (including phenoxy) is 1. The first-order chi connectivity index (χ1) is 15.7. The van der Waals surface area contributed by atoms with Gasteiger partial charge in [-0.05, 0) is 42.0 Å². The lowest BCUT2D eigenvalue weighted by molar-refractivity contribution is 0.155. The molecule has 0 aliphatic carbocycles. The van der Waals surface area contributed by atoms with Gasteiger partial charge in [0, 0.05) is 16.7 Å². The number of benzene rings is 4. The van der Waals surface area contributed by atoms with Crippen molar-refractivity contribution < 1.29 is 4.74 Å². The van der Waals surface area contributed by atoms with Gasteiger partial charge in [0.1, 0.15) is 5.75 Å². The summed E-state index contributed by atoms with van der Waals surface area (Å²) in [5, 5.41) is 4.13. The highest BCUT2D eigenvalue weighted by molar-refractivity contribution is 7.80. The fourth-order valence-corrected chi connectivity index (χ4v) is 3.72. The predicted molar refractivity (Wildman–Crippen MR) is 134 cm³/mol. The summed E-state index contributed by atoms with van der Waals surface area (Å²) in [5.74, 6) is 0.737. The molecule has 0 radical (unpaired) electrons. The van der Waals surface area contributed by atoms with Crippen molar-refractivity contribution >= 4 is 23.5 Å². The Labute approximate surface area is 193 Å². The summed E-state index contributed by atoms with van der Waals surface area (Å²) >= 11 is 4.76. The van der Waals surface area contributed by atoms with Crippen LogP contribution >= 0.6 is 12.2 Å². The molecule has 32 heavy (non-hydrogen) atoms. The molecule has 0 fully saturated rings. The van der Waals surface area contributed by atoms with Gasteiger partial charge in [0.25, 0.3) is 0 Å². The molecular weight excluding hydrogens is 414 g/mol. The smallest absolute Gasteiger partial charge is 0.184 e. The van der Waals surface area contributed by atoms with Crippen molar-refractivity contribution in [2.75, 3.05) is 0 Å². The zero-order valence-electron chi connectivity index (χ0n) is 17.4. The van der Waals surface area contributed by atoms with E-state index < -0.39 is 5.60 Å². The quantitative estimate of drug-likeness (QED) is 0.180. The summed E-state index contributed by atoms with van der Waals surface area (Å²) in [6.45, 7) is 0. The minimum atomic E-state index is -0.813. The highest BCUT2D eigenvalue weighted by Crippen LogP contribution is 2.41. The first kappa shape index (κ1) is 21.3. The van der Waals surface area contributed by atoms with E-state index in [9.17, 15) is 0 Å². The lowest BCUT2D eigenvalue weighted by Crippen LogP contribution is -2.36. The van der Waals surface area contributed by atoms with Crippen LogP contribution in [0.2, 0.25) is 0 Å². The van der Waals surface area contributed by atoms with E-state index in [0.717, 1.165) is 28.0 Å². The third-order valence-electron chi connectivity index (χ3n) is 5.08. The van der Waals surface area contributed by atoms with Crippen LogP contribution in [0, 0.1) is 0 Å². The highest BCUT2D eigenvalue weighted by Gasteiger charge is 2.38. The maximum atomic E-state index is 6.86. The zero-order chi connectivity index (χ0) is 22.2. The average molecular weight is 438 g/mol. The average Bonchev–Trinajstić information content (AvgIpc) is 2.85. The van der Waals surface area contributed by atoms with Crippen LogP contribution in [0.15, 0.2) is 120 Å². The first-order valence-electron chi connectivity index (χ1n) is 10.2. The Morgan fingerprint density at radius 2 is 1.16 bits per heavy atom. The third kappa shape index (κ3) is 4.68. The normalized spacial score (nSPS) is 11.2. The number of rotatable bonds is 7. The Bertz CT molecular complexity index is 1080. The molecule has 0 saturated heterocycles. The van der Waals surface area contributed by atoms with E-state index in [0.29, 0.717) is 0 Å². The van der Waals surface area contributed by atoms with Crippen molar-refractivity contribution in [2.24, 2.45) is 10.8 Å². The molecule has 0 atom stereocenters. The number of nitrogens with zero attached hydrogens (tertiary/aromatic N) is 1. The number of hydrogen-bond donors (Lipinski definition) is 2. The van der Waals surface area contributed by atoms with E-state index in [1.165, 1.54) is 0 Å². The molecule has 4 rings (SSSR count). The second kappa shape index (κ2) is 9.90. The Hall–Kier alpha value is -3.96. The molecule has 0 unspecified atom stereocenters. The molecule has 5 heteroatoms. The molecule has 0 saturated carbocycles. The number of nitrogens with one attached hydrogen (secondary N) is 1. The van der Waals surface area contributed by atoms with Gasteiger partial charge in [-0.3, -0.25) is 5.43 Å². The van der Waals surface area contributed by atoms with Crippen molar-refractivity contribution in [3.63, 3.8) is 0 Å². The maximum Gasteiger partial charge on any atom is 0.184 e. The van der Waals surface area contributed by atoms with Crippen molar-refractivity contribution in [3.05, 3.63) is 138 Å². The summed E-state index contributed by atoms with van der Waals surface area (Å²) in [5.41, 5.74) is 11.2. The monoisotopic (exact) mass is 437 g/mol. The second-order valence-electron chi connectivity index (χ2n) is 7.18. The van der Waals surface area contributed by atoms with E-state index in [1.54, 1.807) is 6.21 Å². The van der Waals surface area contributed by atoms with Gasteiger partial charge in [-0.15, -0.1) is 0 Å². The van der Waals surface area contributed by atoms with Gasteiger partial charge in [0.15, 0.2) is 10.7 Å². The number of hydrazone groups is 1. The van der Waals surface area contributed by atoms with E-state index in [4.69, 9.17) is 22.7 Å². The Balaban J connectivity index is 1.80. The molecule has 4 nitrogen and oxygen atoms in total. The lowest BCUT2D eigenvalue weighted by Gasteiger charge is -2.36. The van der Waals surface area contributed by atoms with E-state index >= 15 is 0 Å². The van der Waals surface area contributed by atoms with Gasteiger partial charge in [-0.2, -0.15) is 5.10 Å². The van der Waals surface area contributed by atoms with Crippen LogP contribution in [-0.2, 0) is 5.60 Å². The van der Waals surface area contributed by atoms with E-state index in [1.807, 2.05) is 78.9 Å². The second-order valence-corrected chi connectivity index (χ2v) is 7.62. The van der Waals surface area contributed by atoms with Crippen LogP contribution in [0.5, 0.6) is 5.75 Å². The van der Waals surface area contributed by atoms with Crippen LogP contribution in [-0.4, -0.2) is 11.3 Å². The largest absolute Gasteiger partial charge is 0.473 e. The minimum Gasteiger partial charge on any atom is -0.473 e. The zero-order valence-corrected chi connectivity index (χ0v) is 18.2. The Morgan fingerprint density at radius 1 is 0.719 bits per heavy atom. The summed E-state index contributed by atoms with van der Waals surface area (Å²) in [6.07, 6.45) is 1.65. The summed E-state index contributed by atoms with van der Waals surface area (Å²) in [6, 6.07) is 38.6. The van der Waals surface area contributed by atoms with Gasteiger partial charge in [-0.25, -0.2) is 0 Å². The van der Waals surface area contributed by atoms with Crippen LogP contribution in [0.25, 0.3) is 0 Å². The molecular formula is C27H23N3OS. The predicted octanol–water partition coefficient (Wildman–Crippen LogP) is 5.22. The van der Waals surface area contributed by atoms with Crippen molar-refractivity contribution in [2.45, 2.75) is 5.60 Å². The fourth-order valence-electron chi connectivity index (χ4n) is 3.66. The van der Waals surface area contributed by atoms with Crippen LogP contribution in [0.1, 0.15) is 22.3 Å². The highest BCUT2D eigenvalue weighted by atomic mass is 32.1. The number of thiocarbonyl (C=S) groups is 1. The molecule has 4 aromatic rings. The number of nitrogens with two attached hydrogens (primary N) is 1. The molecule has 0 aliphatic rings. The van der Waals surface area contributed by atoms with Gasteiger partial charge in [0.2, 0.25) is 0 Å². The molecule has 0 spiro atoms. The molecule has 0 amide bonds. The van der Waals surface area contributed by atoms with Gasteiger partial charge in [-0.1, -0.05) is 91.0 Å². The van der Waals surface area contributed by atoms with Crippen molar-refractivity contribution in [1.82, 2.24) is 5.43 Å². The Morgan fingerprint density at radius 3 is 1.56 bits per heavy atom. The van der Waals surface area contributed by atoms with Crippen LogP contribution < -0.4 is 15.9 Å². The first-order valence-corrected chi connectivity index (χ1v) is 10.6. The standard InChI is InChI=1S/C27H23N3OS/c28-26(32)30-29-20-21-16-18-25(19-17-21)31-27(22-10-4-1-5-11-22,23-12-6-2-7-13-23)24-14-8-3-9-15-24/h1-20H,(H3,28,30,32). The topological polar surface area (TPSA) is 59.6 Å². The summed E-state index contributed by atoms with van der Waals surface area (Å²) < 4.78 is 6.86. The minimum absolute atomic E-state index is 0.125. The van der Waals surface area contributed by atoms with Gasteiger partial charge < -0.3 is 10.5 Å². The summed E-state index contributed by atoms with van der Waals surface area (Å²) in [7, 11) is 0. The van der Waals surface area contributed by atoms with E-state index in [2.05, 4.69) is 46.9 Å². The Kier molecular flexibility index (Phi) is 6.58. The summed E-state index contributed by atoms with van der Waals surface area (Å²) in [4.78, 5) is 0. The maximum absolute atomic E-state index is 6.86. The van der Waals surface area contributed by atoms with E-state index in [-0.39, 0.29) is 5.11 Å². The number of hydrogen-bond acceptors (Lipinski definition) is 3. The molecule has 158 valence electrons. The third-order valence-corrected chi connectivity index (χ3v) is 5.17. The van der Waals surface area contributed by atoms with Crippen LogP contribution in [0.3, 0.4) is 0 Å². The molecule has 0 heterocycles. The van der Waals surface area contributed by atoms with Crippen molar-refractivity contribution in [1.29, 1.82) is 0 Å². The molecule has 0 aliphatic heterocycles. The SMILES string of the molecule is NC(=S)NN=Cc1ccc(OC(c2ccccc2)(c2ccccc2)c2ccccc2)cc1. The van der Waals surface area contributed by atoms with Crippen LogP contribution in [0.4, 0.5) is 0 Å². The fraction of sp³-hybridized carbons (Fsp3) is 0.0370.